The normalized spacial score (nSPS) is 18.5. The van der Waals surface area contributed by atoms with E-state index in [1.807, 2.05) is 14.0 Å². The Morgan fingerprint density at radius 1 is 1.07 bits per heavy atom. The van der Waals surface area contributed by atoms with E-state index in [2.05, 4.69) is 15.0 Å². The molecule has 2 aliphatic rings. The second-order valence-electron chi connectivity index (χ2n) is 8.76. The van der Waals surface area contributed by atoms with Crippen LogP contribution in [-0.4, -0.2) is 50.2 Å². The van der Waals surface area contributed by atoms with Gasteiger partial charge in [-0.25, -0.2) is 9.78 Å². The molecule has 0 atom stereocenters. The minimum absolute atomic E-state index is 0.0475. The van der Waals surface area contributed by atoms with Crippen LogP contribution >= 0.6 is 0 Å². The highest BCUT2D eigenvalue weighted by atomic mass is 16.5. The van der Waals surface area contributed by atoms with Crippen molar-refractivity contribution in [3.8, 4) is 0 Å². The Labute approximate surface area is 177 Å². The van der Waals surface area contributed by atoms with Gasteiger partial charge in [0.2, 0.25) is 0 Å². The Balaban J connectivity index is 1.44. The molecule has 0 spiro atoms. The highest BCUT2D eigenvalue weighted by Gasteiger charge is 2.32. The van der Waals surface area contributed by atoms with Crippen molar-refractivity contribution in [2.45, 2.75) is 83.2 Å². The maximum Gasteiger partial charge on any atom is 0.340 e. The summed E-state index contributed by atoms with van der Waals surface area (Å²) in [6.45, 7) is 1.69. The second-order valence-corrected chi connectivity index (χ2v) is 8.76. The molecule has 2 fully saturated rings. The van der Waals surface area contributed by atoms with Crippen molar-refractivity contribution in [2.75, 3.05) is 6.61 Å². The Bertz CT molecular complexity index is 893. The van der Waals surface area contributed by atoms with Crippen LogP contribution in [0.3, 0.4) is 0 Å². The van der Waals surface area contributed by atoms with Gasteiger partial charge in [-0.2, -0.15) is 5.10 Å². The van der Waals surface area contributed by atoms with Gasteiger partial charge in [0.1, 0.15) is 0 Å². The first-order valence-electron chi connectivity index (χ1n) is 11.3. The van der Waals surface area contributed by atoms with Crippen LogP contribution in [-0.2, 0) is 16.6 Å². The molecule has 0 N–H and O–H groups in total. The molecule has 7 nitrogen and oxygen atoms in total. The van der Waals surface area contributed by atoms with Crippen molar-refractivity contribution >= 4 is 22.9 Å². The first kappa shape index (κ1) is 20.8. The van der Waals surface area contributed by atoms with E-state index < -0.39 is 5.97 Å². The number of aromatic nitrogens is 3. The van der Waals surface area contributed by atoms with E-state index in [-0.39, 0.29) is 12.5 Å². The van der Waals surface area contributed by atoms with Crippen LogP contribution in [0.25, 0.3) is 11.0 Å². The van der Waals surface area contributed by atoms with Crippen LogP contribution in [0, 0.1) is 6.92 Å². The minimum atomic E-state index is -0.506. The lowest BCUT2D eigenvalue weighted by Gasteiger charge is -2.41. The highest BCUT2D eigenvalue weighted by molar-refractivity contribution is 5.94. The fourth-order valence-corrected chi connectivity index (χ4v) is 5.13. The Kier molecular flexibility index (Phi) is 6.35. The zero-order valence-corrected chi connectivity index (χ0v) is 18.1. The number of pyridine rings is 1. The maximum absolute atomic E-state index is 13.2. The molecule has 0 saturated heterocycles. The Morgan fingerprint density at radius 2 is 1.67 bits per heavy atom. The summed E-state index contributed by atoms with van der Waals surface area (Å²) in [5, 5.41) is 5.16. The third kappa shape index (κ3) is 4.35. The lowest BCUT2D eigenvalue weighted by Crippen LogP contribution is -2.50. The summed E-state index contributed by atoms with van der Waals surface area (Å²) in [7, 11) is 1.82. The molecule has 2 aliphatic carbocycles. The second kappa shape index (κ2) is 9.14. The highest BCUT2D eigenvalue weighted by Crippen LogP contribution is 2.30. The van der Waals surface area contributed by atoms with Gasteiger partial charge in [0, 0.05) is 30.7 Å². The number of ether oxygens (including phenoxy) is 1. The molecule has 0 radical (unpaired) electrons. The molecule has 2 heterocycles. The van der Waals surface area contributed by atoms with Crippen molar-refractivity contribution < 1.29 is 14.3 Å². The van der Waals surface area contributed by atoms with Gasteiger partial charge in [0.05, 0.1) is 11.3 Å². The predicted molar refractivity (Wildman–Crippen MR) is 114 cm³/mol. The predicted octanol–water partition coefficient (Wildman–Crippen LogP) is 3.93. The van der Waals surface area contributed by atoms with Crippen LogP contribution in [0.1, 0.15) is 80.3 Å². The summed E-state index contributed by atoms with van der Waals surface area (Å²) in [6, 6.07) is 2.34. The van der Waals surface area contributed by atoms with Crippen LogP contribution < -0.4 is 0 Å². The molecule has 2 saturated carbocycles. The fraction of sp³-hybridized carbons (Fsp3) is 0.652. The number of amides is 1. The van der Waals surface area contributed by atoms with Crippen molar-refractivity contribution in [1.29, 1.82) is 0 Å². The van der Waals surface area contributed by atoms with Gasteiger partial charge in [-0.3, -0.25) is 9.48 Å². The summed E-state index contributed by atoms with van der Waals surface area (Å²) < 4.78 is 7.14. The monoisotopic (exact) mass is 412 g/mol. The van der Waals surface area contributed by atoms with E-state index in [1.165, 1.54) is 44.7 Å². The summed E-state index contributed by atoms with van der Waals surface area (Å²) in [5.74, 6) is -0.554. The van der Waals surface area contributed by atoms with E-state index in [4.69, 9.17) is 4.74 Å². The zero-order valence-electron chi connectivity index (χ0n) is 18.1. The molecule has 2 aromatic heterocycles. The van der Waals surface area contributed by atoms with Crippen molar-refractivity contribution in [1.82, 2.24) is 19.7 Å². The van der Waals surface area contributed by atoms with Crippen molar-refractivity contribution in [2.24, 2.45) is 7.05 Å². The summed E-state index contributed by atoms with van der Waals surface area (Å²) in [6.07, 6.45) is 13.0. The largest absolute Gasteiger partial charge is 0.452 e. The number of nitrogens with zero attached hydrogens (tertiary/aromatic N) is 4. The van der Waals surface area contributed by atoms with Gasteiger partial charge in [-0.1, -0.05) is 38.5 Å². The molecule has 162 valence electrons. The summed E-state index contributed by atoms with van der Waals surface area (Å²) in [4.78, 5) is 32.2. The number of rotatable bonds is 5. The van der Waals surface area contributed by atoms with E-state index in [0.717, 1.165) is 42.4 Å². The van der Waals surface area contributed by atoms with Crippen molar-refractivity contribution in [3.05, 3.63) is 23.5 Å². The lowest BCUT2D eigenvalue weighted by atomic mass is 9.88. The Morgan fingerprint density at radius 3 is 2.27 bits per heavy atom. The minimum Gasteiger partial charge on any atom is -0.452 e. The number of carbonyl (C=O) groups is 2. The first-order chi connectivity index (χ1) is 14.5. The molecule has 2 aromatic rings. The number of hydrogen-bond acceptors (Lipinski definition) is 5. The molecule has 30 heavy (non-hydrogen) atoms. The topological polar surface area (TPSA) is 77.3 Å². The van der Waals surface area contributed by atoms with E-state index >= 15 is 0 Å². The number of aryl methyl sites for hydroxylation is 2. The molecule has 4 rings (SSSR count). The van der Waals surface area contributed by atoms with Crippen LogP contribution in [0.5, 0.6) is 0 Å². The van der Waals surface area contributed by atoms with E-state index in [0.29, 0.717) is 17.6 Å². The maximum atomic E-state index is 13.2. The standard InChI is InChI=1S/C23H32N4O3/c1-16-20-13-17(14-24-22(20)26(2)25-16)23(29)30-15-21(28)27(18-9-5-3-6-10-18)19-11-7-4-8-12-19/h13-14,18-19H,3-12,15H2,1-2H3. The van der Waals surface area contributed by atoms with Gasteiger partial charge in [0.25, 0.3) is 5.91 Å². The van der Waals surface area contributed by atoms with Crippen molar-refractivity contribution in [3.63, 3.8) is 0 Å². The average Bonchev–Trinajstić information content (AvgIpc) is 3.06. The third-order valence-corrected chi connectivity index (χ3v) is 6.65. The van der Waals surface area contributed by atoms with Crippen LogP contribution in [0.2, 0.25) is 0 Å². The van der Waals surface area contributed by atoms with E-state index in [9.17, 15) is 9.59 Å². The lowest BCUT2D eigenvalue weighted by molar-refractivity contribution is -0.141. The van der Waals surface area contributed by atoms with Gasteiger partial charge in [-0.15, -0.1) is 0 Å². The molecule has 7 heteroatoms. The molecule has 0 aromatic carbocycles. The molecular weight excluding hydrogens is 380 g/mol. The summed E-state index contributed by atoms with van der Waals surface area (Å²) in [5.41, 5.74) is 1.89. The molecule has 0 unspecified atom stereocenters. The third-order valence-electron chi connectivity index (χ3n) is 6.65. The molecule has 0 aliphatic heterocycles. The van der Waals surface area contributed by atoms with Gasteiger partial charge in [-0.05, 0) is 38.7 Å². The number of carbonyl (C=O) groups excluding carboxylic acids is 2. The average molecular weight is 413 g/mol. The fourth-order valence-electron chi connectivity index (χ4n) is 5.13. The Hall–Kier alpha value is -2.44. The van der Waals surface area contributed by atoms with Gasteiger partial charge < -0.3 is 9.64 Å². The molecule has 1 amide bonds. The molecular formula is C23H32N4O3. The van der Waals surface area contributed by atoms with Gasteiger partial charge >= 0.3 is 5.97 Å². The molecule has 0 bridgehead atoms. The van der Waals surface area contributed by atoms with Crippen LogP contribution in [0.4, 0.5) is 0 Å². The smallest absolute Gasteiger partial charge is 0.340 e. The SMILES string of the molecule is Cc1nn(C)c2ncc(C(=O)OCC(=O)N(C3CCCCC3)C3CCCCC3)cc12. The zero-order chi connectivity index (χ0) is 21.1. The van der Waals surface area contributed by atoms with E-state index in [1.54, 1.807) is 10.7 Å². The quantitative estimate of drug-likeness (QED) is 0.696. The summed E-state index contributed by atoms with van der Waals surface area (Å²) >= 11 is 0. The number of esters is 1. The number of hydrogen-bond donors (Lipinski definition) is 0. The first-order valence-corrected chi connectivity index (χ1v) is 11.3. The van der Waals surface area contributed by atoms with Gasteiger partial charge in [0.15, 0.2) is 12.3 Å². The van der Waals surface area contributed by atoms with Crippen LogP contribution in [0.15, 0.2) is 12.3 Å². The number of fused-ring (bicyclic) bond motifs is 1.